The molecular weight excluding hydrogens is 918 g/mol. The zero-order valence-electron chi connectivity index (χ0n) is 41.2. The molecule has 13 aromatic carbocycles. The van der Waals surface area contributed by atoms with E-state index < -0.39 is 0 Å². The van der Waals surface area contributed by atoms with Gasteiger partial charge in [0.25, 0.3) is 6.71 Å². The summed E-state index contributed by atoms with van der Waals surface area (Å²) in [5.41, 5.74) is 24.7. The molecule has 0 saturated carbocycles. The van der Waals surface area contributed by atoms with Crippen molar-refractivity contribution in [3.05, 3.63) is 255 Å². The van der Waals surface area contributed by atoms with Gasteiger partial charge >= 0.3 is 0 Å². The van der Waals surface area contributed by atoms with Crippen LogP contribution in [-0.2, 0) is 0 Å². The predicted octanol–water partition coefficient (Wildman–Crippen LogP) is 16.9. The van der Waals surface area contributed by atoms with E-state index in [1.807, 2.05) is 0 Å². The van der Waals surface area contributed by atoms with Crippen LogP contribution in [0.4, 0.5) is 17.1 Å². The summed E-state index contributed by atoms with van der Waals surface area (Å²) in [6.07, 6.45) is 0. The maximum atomic E-state index is 2.67. The van der Waals surface area contributed by atoms with Crippen molar-refractivity contribution in [3.63, 3.8) is 0 Å². The highest BCUT2D eigenvalue weighted by Gasteiger charge is 2.44. The van der Waals surface area contributed by atoms with Crippen molar-refractivity contribution in [1.82, 2.24) is 9.13 Å². The van der Waals surface area contributed by atoms with Crippen LogP contribution in [0.15, 0.2) is 255 Å². The zero-order chi connectivity index (χ0) is 49.3. The molecule has 4 heteroatoms. The predicted molar refractivity (Wildman–Crippen MR) is 322 cm³/mol. The van der Waals surface area contributed by atoms with Crippen LogP contribution in [-0.4, -0.2) is 15.8 Å². The molecule has 0 fully saturated rings. The molecule has 2 aromatic heterocycles. The first-order valence-corrected chi connectivity index (χ1v) is 26.5. The fraction of sp³-hybridized carbons (Fsp3) is 0. The molecule has 0 N–H and O–H groups in total. The average molecular weight is 960 g/mol. The summed E-state index contributed by atoms with van der Waals surface area (Å²) in [6.45, 7) is -0.0810. The number of aromatic nitrogens is 2. The maximum absolute atomic E-state index is 2.67. The van der Waals surface area contributed by atoms with Gasteiger partial charge in [0, 0.05) is 44.3 Å². The summed E-state index contributed by atoms with van der Waals surface area (Å²) in [4.78, 5) is 2.58. The van der Waals surface area contributed by atoms with Crippen molar-refractivity contribution >= 4 is 116 Å². The number of benzene rings is 13. The van der Waals surface area contributed by atoms with Crippen LogP contribution in [0.3, 0.4) is 0 Å². The average Bonchev–Trinajstić information content (AvgIpc) is 4.07. The lowest BCUT2D eigenvalue weighted by Crippen LogP contribution is -2.60. The molecule has 3 aliphatic rings. The third kappa shape index (κ3) is 5.27. The Morgan fingerprint density at radius 1 is 0.276 bits per heavy atom. The lowest BCUT2D eigenvalue weighted by molar-refractivity contribution is 1.13. The summed E-state index contributed by atoms with van der Waals surface area (Å²) in [7, 11) is 0. The maximum Gasteiger partial charge on any atom is 0.252 e. The topological polar surface area (TPSA) is 13.1 Å². The first-order chi connectivity index (χ1) is 37.7. The number of hydrogen-bond donors (Lipinski definition) is 0. The molecule has 3 nitrogen and oxygen atoms in total. The van der Waals surface area contributed by atoms with E-state index in [9.17, 15) is 0 Å². The first kappa shape index (κ1) is 40.6. The quantitative estimate of drug-likeness (QED) is 0.160. The summed E-state index contributed by atoms with van der Waals surface area (Å²) < 4.78 is 5.25. The fourth-order valence-electron chi connectivity index (χ4n) is 14.3. The highest BCUT2D eigenvalue weighted by molar-refractivity contribution is 7.00. The standard InChI is InChI=1S/C72H42BN3/c1-3-15-43(16-4-1)45-29-34-50(35-30-45)74-60-36-33-48(44-17-5-2-6-18-44)39-58(60)73-59-40-49-21-13-26-56-54-24-11-12-25-55(54)57-27-14-28-61-69(57)70(66(49)56)72(59)76(61)65-42-51(41-64(74)71(65)73)75-62-37-31-46-19-7-9-22-52(46)67(62)68-53-23-10-8-20-47(53)32-38-63(68)75/h1-42H. The molecule has 4 heterocycles. The van der Waals surface area contributed by atoms with Crippen LogP contribution in [0.25, 0.3) is 132 Å². The molecule has 348 valence electrons. The van der Waals surface area contributed by atoms with Crippen LogP contribution in [0.1, 0.15) is 0 Å². The van der Waals surface area contributed by atoms with Crippen molar-refractivity contribution in [1.29, 1.82) is 0 Å². The zero-order valence-corrected chi connectivity index (χ0v) is 41.2. The fourth-order valence-corrected chi connectivity index (χ4v) is 14.3. The second-order valence-electron chi connectivity index (χ2n) is 21.1. The van der Waals surface area contributed by atoms with E-state index in [2.05, 4.69) is 269 Å². The van der Waals surface area contributed by atoms with Gasteiger partial charge < -0.3 is 14.0 Å². The highest BCUT2D eigenvalue weighted by Crippen LogP contribution is 2.52. The van der Waals surface area contributed by atoms with E-state index in [0.29, 0.717) is 0 Å². The molecule has 0 radical (unpaired) electrons. The monoisotopic (exact) mass is 959 g/mol. The normalized spacial score (nSPS) is 12.9. The number of rotatable bonds is 4. The number of hydrogen-bond acceptors (Lipinski definition) is 1. The molecule has 0 amide bonds. The van der Waals surface area contributed by atoms with E-state index >= 15 is 0 Å². The Bertz CT molecular complexity index is 4950. The van der Waals surface area contributed by atoms with Gasteiger partial charge in [-0.2, -0.15) is 0 Å². The molecule has 18 rings (SSSR count). The lowest BCUT2D eigenvalue weighted by Gasteiger charge is -2.41. The molecule has 0 unspecified atom stereocenters. The Balaban J connectivity index is 1.03. The summed E-state index contributed by atoms with van der Waals surface area (Å²) in [6, 6.07) is 96.1. The Kier molecular flexibility index (Phi) is 7.94. The Hall–Kier alpha value is -9.90. The Labute approximate surface area is 438 Å². The minimum atomic E-state index is -0.0810. The van der Waals surface area contributed by atoms with Crippen molar-refractivity contribution < 1.29 is 0 Å². The molecule has 0 spiro atoms. The second-order valence-corrected chi connectivity index (χ2v) is 21.1. The summed E-state index contributed by atoms with van der Waals surface area (Å²) in [5.74, 6) is 0. The minimum absolute atomic E-state index is 0.0810. The number of fused-ring (bicyclic) bond motifs is 15. The van der Waals surface area contributed by atoms with Crippen molar-refractivity contribution in [2.24, 2.45) is 0 Å². The molecule has 15 aromatic rings. The van der Waals surface area contributed by atoms with Gasteiger partial charge in [-0.1, -0.05) is 206 Å². The van der Waals surface area contributed by atoms with Gasteiger partial charge in [-0.3, -0.25) is 0 Å². The number of anilines is 3. The molecule has 0 saturated heterocycles. The van der Waals surface area contributed by atoms with Crippen molar-refractivity contribution in [2.75, 3.05) is 4.90 Å². The molecule has 76 heavy (non-hydrogen) atoms. The van der Waals surface area contributed by atoms with Gasteiger partial charge in [-0.25, -0.2) is 0 Å². The smallest absolute Gasteiger partial charge is 0.252 e. The van der Waals surface area contributed by atoms with E-state index in [1.165, 1.54) is 154 Å². The lowest BCUT2D eigenvalue weighted by atomic mass is 9.33. The largest absolute Gasteiger partial charge is 0.311 e. The first-order valence-electron chi connectivity index (χ1n) is 26.5. The van der Waals surface area contributed by atoms with E-state index in [4.69, 9.17) is 0 Å². The third-order valence-corrected chi connectivity index (χ3v) is 17.4. The Morgan fingerprint density at radius 2 is 0.816 bits per heavy atom. The second kappa shape index (κ2) is 14.9. The van der Waals surface area contributed by atoms with Crippen LogP contribution in [0.2, 0.25) is 0 Å². The van der Waals surface area contributed by atoms with E-state index in [1.54, 1.807) is 0 Å². The summed E-state index contributed by atoms with van der Waals surface area (Å²) >= 11 is 0. The van der Waals surface area contributed by atoms with Gasteiger partial charge in [0.15, 0.2) is 0 Å². The van der Waals surface area contributed by atoms with Crippen molar-refractivity contribution in [2.45, 2.75) is 0 Å². The van der Waals surface area contributed by atoms with Gasteiger partial charge in [0.1, 0.15) is 0 Å². The molecule has 0 bridgehead atoms. The van der Waals surface area contributed by atoms with Gasteiger partial charge in [0.05, 0.1) is 27.8 Å². The highest BCUT2D eigenvalue weighted by atomic mass is 15.2. The van der Waals surface area contributed by atoms with Crippen LogP contribution in [0.5, 0.6) is 0 Å². The molecular formula is C72H42BN3. The third-order valence-electron chi connectivity index (χ3n) is 17.4. The van der Waals surface area contributed by atoms with Crippen LogP contribution in [0, 0.1) is 0 Å². The summed E-state index contributed by atoms with van der Waals surface area (Å²) in [5, 5.41) is 12.8. The molecule has 1 aliphatic carbocycles. The molecule has 0 atom stereocenters. The molecule has 2 aliphatic heterocycles. The van der Waals surface area contributed by atoms with Crippen molar-refractivity contribution in [3.8, 4) is 55.9 Å². The minimum Gasteiger partial charge on any atom is -0.311 e. The van der Waals surface area contributed by atoms with Gasteiger partial charge in [-0.05, 0) is 142 Å². The Morgan fingerprint density at radius 3 is 1.51 bits per heavy atom. The number of nitrogens with zero attached hydrogens (tertiary/aromatic N) is 3. The van der Waals surface area contributed by atoms with Gasteiger partial charge in [0.2, 0.25) is 0 Å². The van der Waals surface area contributed by atoms with Crippen LogP contribution >= 0.6 is 0 Å². The van der Waals surface area contributed by atoms with Crippen LogP contribution < -0.4 is 21.3 Å². The van der Waals surface area contributed by atoms with Gasteiger partial charge in [-0.15, -0.1) is 0 Å². The SMILES string of the molecule is c1ccc(-c2ccc(N3c4ccc(-c5ccccc5)cc4B4c5c3cc(-n3c6ccc7ccccc7c6c6c7ccccc7ccc63)cc5-n3c5cccc6c5c5c7c(cccc7cc4c53)-c3ccccc3-6)cc2)cc1. The van der Waals surface area contributed by atoms with E-state index in [-0.39, 0.29) is 6.71 Å². The van der Waals surface area contributed by atoms with E-state index in [0.717, 1.165) is 11.4 Å².